The summed E-state index contributed by atoms with van der Waals surface area (Å²) in [4.78, 5) is 12.8. The van der Waals surface area contributed by atoms with Crippen LogP contribution in [0.3, 0.4) is 0 Å². The van der Waals surface area contributed by atoms with E-state index in [1.165, 1.54) is 0 Å². The number of rotatable bonds is 5. The highest BCUT2D eigenvalue weighted by Crippen LogP contribution is 2.07. The highest BCUT2D eigenvalue weighted by molar-refractivity contribution is 5.32. The van der Waals surface area contributed by atoms with Gasteiger partial charge in [0, 0.05) is 31.6 Å². The van der Waals surface area contributed by atoms with Gasteiger partial charge < -0.3 is 5.32 Å². The quantitative estimate of drug-likeness (QED) is 0.853. The summed E-state index contributed by atoms with van der Waals surface area (Å²) in [5, 5.41) is 3.23. The average molecular weight is 228 g/mol. The van der Waals surface area contributed by atoms with E-state index in [9.17, 15) is 0 Å². The number of anilines is 1. The SMILES string of the molecule is CCCNc1cncc(Cc2cccnc2)n1. The van der Waals surface area contributed by atoms with Gasteiger partial charge in [0.05, 0.1) is 11.9 Å². The fourth-order valence-electron chi connectivity index (χ4n) is 1.54. The third-order valence-corrected chi connectivity index (χ3v) is 2.35. The van der Waals surface area contributed by atoms with Crippen molar-refractivity contribution in [3.8, 4) is 0 Å². The smallest absolute Gasteiger partial charge is 0.144 e. The van der Waals surface area contributed by atoms with Gasteiger partial charge >= 0.3 is 0 Å². The second-order valence-corrected chi connectivity index (χ2v) is 3.86. The molecule has 0 fully saturated rings. The molecule has 0 amide bonds. The van der Waals surface area contributed by atoms with Gasteiger partial charge in [-0.3, -0.25) is 9.97 Å². The van der Waals surface area contributed by atoms with Crippen LogP contribution in [0.2, 0.25) is 0 Å². The van der Waals surface area contributed by atoms with Gasteiger partial charge in [-0.1, -0.05) is 13.0 Å². The minimum Gasteiger partial charge on any atom is -0.369 e. The lowest BCUT2D eigenvalue weighted by Gasteiger charge is -2.05. The Morgan fingerprint density at radius 2 is 2.12 bits per heavy atom. The molecule has 0 unspecified atom stereocenters. The third kappa shape index (κ3) is 3.52. The number of aromatic nitrogens is 3. The van der Waals surface area contributed by atoms with Crippen molar-refractivity contribution in [2.75, 3.05) is 11.9 Å². The highest BCUT2D eigenvalue weighted by Gasteiger charge is 2.00. The molecule has 0 aliphatic carbocycles. The minimum absolute atomic E-state index is 0.766. The van der Waals surface area contributed by atoms with E-state index in [1.807, 2.05) is 18.3 Å². The molecule has 0 saturated carbocycles. The lowest BCUT2D eigenvalue weighted by molar-refractivity contribution is 0.948. The van der Waals surface area contributed by atoms with Crippen molar-refractivity contribution in [2.24, 2.45) is 0 Å². The van der Waals surface area contributed by atoms with Gasteiger partial charge in [0.2, 0.25) is 0 Å². The maximum absolute atomic E-state index is 4.50. The molecule has 2 rings (SSSR count). The maximum Gasteiger partial charge on any atom is 0.144 e. The Morgan fingerprint density at radius 3 is 2.88 bits per heavy atom. The second kappa shape index (κ2) is 5.94. The average Bonchev–Trinajstić information content (AvgIpc) is 2.38. The molecular weight excluding hydrogens is 212 g/mol. The molecule has 88 valence electrons. The number of pyridine rings is 1. The number of hydrogen-bond acceptors (Lipinski definition) is 4. The van der Waals surface area contributed by atoms with Crippen LogP contribution in [0.15, 0.2) is 36.9 Å². The third-order valence-electron chi connectivity index (χ3n) is 2.35. The van der Waals surface area contributed by atoms with Crippen LogP contribution in [0.4, 0.5) is 5.82 Å². The molecule has 0 aliphatic heterocycles. The molecule has 2 aromatic rings. The van der Waals surface area contributed by atoms with Crippen LogP contribution < -0.4 is 5.32 Å². The summed E-state index contributed by atoms with van der Waals surface area (Å²) in [5.41, 5.74) is 2.11. The number of hydrogen-bond donors (Lipinski definition) is 1. The van der Waals surface area contributed by atoms with Gasteiger partial charge in [0.15, 0.2) is 0 Å². The summed E-state index contributed by atoms with van der Waals surface area (Å²) in [7, 11) is 0. The first-order valence-corrected chi connectivity index (χ1v) is 5.82. The Hall–Kier alpha value is -1.97. The Kier molecular flexibility index (Phi) is 4.02. The van der Waals surface area contributed by atoms with Gasteiger partial charge in [0.25, 0.3) is 0 Å². The van der Waals surface area contributed by atoms with E-state index in [4.69, 9.17) is 0 Å². The number of nitrogens with zero attached hydrogens (tertiary/aromatic N) is 3. The van der Waals surface area contributed by atoms with E-state index in [0.29, 0.717) is 0 Å². The molecule has 0 bridgehead atoms. The van der Waals surface area contributed by atoms with Crippen LogP contribution in [-0.4, -0.2) is 21.5 Å². The van der Waals surface area contributed by atoms with Crippen molar-refractivity contribution in [2.45, 2.75) is 19.8 Å². The topological polar surface area (TPSA) is 50.7 Å². The Labute approximate surface area is 101 Å². The van der Waals surface area contributed by atoms with Crippen molar-refractivity contribution < 1.29 is 0 Å². The molecule has 4 nitrogen and oxygen atoms in total. The molecule has 2 aromatic heterocycles. The summed E-state index contributed by atoms with van der Waals surface area (Å²) in [6.07, 6.45) is 9.02. The summed E-state index contributed by atoms with van der Waals surface area (Å²) >= 11 is 0. The maximum atomic E-state index is 4.50. The van der Waals surface area contributed by atoms with Crippen LogP contribution >= 0.6 is 0 Å². The van der Waals surface area contributed by atoms with Gasteiger partial charge in [-0.15, -0.1) is 0 Å². The predicted molar refractivity (Wildman–Crippen MR) is 67.9 cm³/mol. The van der Waals surface area contributed by atoms with Crippen LogP contribution in [0, 0.1) is 0 Å². The fourth-order valence-corrected chi connectivity index (χ4v) is 1.54. The fraction of sp³-hybridized carbons (Fsp3) is 0.308. The molecule has 0 saturated heterocycles. The van der Waals surface area contributed by atoms with Crippen LogP contribution in [0.25, 0.3) is 0 Å². The largest absolute Gasteiger partial charge is 0.369 e. The predicted octanol–water partition coefficient (Wildman–Crippen LogP) is 2.28. The van der Waals surface area contributed by atoms with E-state index in [0.717, 1.165) is 36.5 Å². The molecule has 4 heteroatoms. The summed E-state index contributed by atoms with van der Waals surface area (Å²) in [6, 6.07) is 3.97. The lowest BCUT2D eigenvalue weighted by Crippen LogP contribution is -2.04. The molecule has 0 aromatic carbocycles. The van der Waals surface area contributed by atoms with Crippen molar-refractivity contribution in [1.29, 1.82) is 0 Å². The second-order valence-electron chi connectivity index (χ2n) is 3.86. The normalized spacial score (nSPS) is 10.2. The highest BCUT2D eigenvalue weighted by atomic mass is 15.0. The molecule has 1 N–H and O–H groups in total. The van der Waals surface area contributed by atoms with E-state index in [-0.39, 0.29) is 0 Å². The van der Waals surface area contributed by atoms with Gasteiger partial charge in [-0.25, -0.2) is 4.98 Å². The molecule has 2 heterocycles. The molecule has 0 spiro atoms. The van der Waals surface area contributed by atoms with Crippen molar-refractivity contribution in [3.63, 3.8) is 0 Å². The first-order valence-electron chi connectivity index (χ1n) is 5.82. The zero-order valence-electron chi connectivity index (χ0n) is 9.93. The zero-order valence-corrected chi connectivity index (χ0v) is 9.93. The van der Waals surface area contributed by atoms with E-state index in [1.54, 1.807) is 18.6 Å². The van der Waals surface area contributed by atoms with Crippen LogP contribution in [0.5, 0.6) is 0 Å². The molecule has 17 heavy (non-hydrogen) atoms. The van der Waals surface area contributed by atoms with Gasteiger partial charge in [0.1, 0.15) is 5.82 Å². The first kappa shape index (κ1) is 11.5. The van der Waals surface area contributed by atoms with Gasteiger partial charge in [-0.05, 0) is 18.1 Å². The molecule has 0 aliphatic rings. The monoisotopic (exact) mass is 228 g/mol. The molecule has 0 atom stereocenters. The standard InChI is InChI=1S/C13H16N4/c1-2-5-16-13-10-15-9-12(17-13)7-11-4-3-6-14-8-11/h3-4,6,8-10H,2,5,7H2,1H3,(H,16,17). The molecule has 0 radical (unpaired) electrons. The van der Waals surface area contributed by atoms with Crippen molar-refractivity contribution in [3.05, 3.63) is 48.2 Å². The minimum atomic E-state index is 0.766. The summed E-state index contributed by atoms with van der Waals surface area (Å²) in [5.74, 6) is 0.841. The summed E-state index contributed by atoms with van der Waals surface area (Å²) < 4.78 is 0. The Morgan fingerprint density at radius 1 is 1.18 bits per heavy atom. The van der Waals surface area contributed by atoms with Crippen molar-refractivity contribution in [1.82, 2.24) is 15.0 Å². The first-order chi connectivity index (χ1) is 8.38. The van der Waals surface area contributed by atoms with Crippen LogP contribution in [-0.2, 0) is 6.42 Å². The Bertz CT molecular complexity index is 456. The van der Waals surface area contributed by atoms with E-state index in [2.05, 4.69) is 27.2 Å². The Balaban J connectivity index is 2.06. The zero-order chi connectivity index (χ0) is 11.9. The van der Waals surface area contributed by atoms with Crippen LogP contribution in [0.1, 0.15) is 24.6 Å². The van der Waals surface area contributed by atoms with E-state index >= 15 is 0 Å². The number of nitrogens with one attached hydrogen (secondary N) is 1. The lowest BCUT2D eigenvalue weighted by atomic mass is 10.2. The molecular formula is C13H16N4. The summed E-state index contributed by atoms with van der Waals surface area (Å²) in [6.45, 7) is 3.05. The van der Waals surface area contributed by atoms with E-state index < -0.39 is 0 Å². The van der Waals surface area contributed by atoms with Gasteiger partial charge in [-0.2, -0.15) is 0 Å². The van der Waals surface area contributed by atoms with Crippen molar-refractivity contribution >= 4 is 5.82 Å².